The molecular weight excluding hydrogens is 134 g/mol. The molecule has 0 saturated heterocycles. The van der Waals surface area contributed by atoms with Gasteiger partial charge < -0.3 is 10.4 Å². The van der Waals surface area contributed by atoms with Gasteiger partial charge in [-0.1, -0.05) is 0 Å². The van der Waals surface area contributed by atoms with E-state index in [1.54, 1.807) is 18.7 Å². The highest BCUT2D eigenvalue weighted by Gasteiger charge is 2.09. The van der Waals surface area contributed by atoms with E-state index in [1.165, 1.54) is 0 Å². The van der Waals surface area contributed by atoms with Crippen LogP contribution in [0.2, 0.25) is 0 Å². The molecule has 0 radical (unpaired) electrons. The van der Waals surface area contributed by atoms with Crippen LogP contribution in [0.25, 0.3) is 0 Å². The van der Waals surface area contributed by atoms with Crippen LogP contribution in [0.4, 0.5) is 0 Å². The first-order valence-corrected chi connectivity index (χ1v) is 4.46. The molecule has 0 bridgehead atoms. The van der Waals surface area contributed by atoms with Crippen LogP contribution in [0.15, 0.2) is 0 Å². The summed E-state index contributed by atoms with van der Waals surface area (Å²) in [6.07, 6.45) is 1.79. The molecular formula is C6H15NOS. The minimum absolute atomic E-state index is 0.236. The molecule has 0 aliphatic carbocycles. The van der Waals surface area contributed by atoms with Crippen molar-refractivity contribution in [2.45, 2.75) is 19.1 Å². The lowest BCUT2D eigenvalue weighted by Gasteiger charge is -2.17. The maximum Gasteiger partial charge on any atom is 0.0673 e. The van der Waals surface area contributed by atoms with Crippen molar-refractivity contribution in [1.82, 2.24) is 5.32 Å². The Kier molecular flexibility index (Phi) is 5.24. The highest BCUT2D eigenvalue weighted by molar-refractivity contribution is 7.98. The van der Waals surface area contributed by atoms with E-state index in [9.17, 15) is 0 Å². The van der Waals surface area contributed by atoms with Gasteiger partial charge in [-0.3, -0.25) is 0 Å². The molecule has 0 aliphatic heterocycles. The third-order valence-electron chi connectivity index (χ3n) is 1.30. The summed E-state index contributed by atoms with van der Waals surface area (Å²) < 4.78 is 0. The standard InChI is InChI=1S/C6H15NOS/c1-5(8)6(7-2)4-9-3/h5-8H,4H2,1-3H3. The molecule has 0 spiro atoms. The molecule has 0 aromatic carbocycles. The summed E-state index contributed by atoms with van der Waals surface area (Å²) in [6.45, 7) is 1.80. The quantitative estimate of drug-likeness (QED) is 0.604. The summed E-state index contributed by atoms with van der Waals surface area (Å²) in [5.74, 6) is 0.966. The van der Waals surface area contributed by atoms with Crippen LogP contribution >= 0.6 is 11.8 Å². The molecule has 2 atom stereocenters. The van der Waals surface area contributed by atoms with Gasteiger partial charge in [0.15, 0.2) is 0 Å². The number of aliphatic hydroxyl groups is 1. The van der Waals surface area contributed by atoms with Gasteiger partial charge in [0.1, 0.15) is 0 Å². The Balaban J connectivity index is 3.41. The molecule has 2 N–H and O–H groups in total. The molecule has 3 heteroatoms. The van der Waals surface area contributed by atoms with E-state index in [0.717, 1.165) is 5.75 Å². The van der Waals surface area contributed by atoms with Gasteiger partial charge in [0, 0.05) is 11.8 Å². The van der Waals surface area contributed by atoms with Crippen molar-refractivity contribution in [2.24, 2.45) is 0 Å². The molecule has 0 saturated carbocycles. The van der Waals surface area contributed by atoms with Crippen molar-refractivity contribution in [2.75, 3.05) is 19.1 Å². The summed E-state index contributed by atoms with van der Waals surface area (Å²) in [7, 11) is 1.87. The van der Waals surface area contributed by atoms with Gasteiger partial charge in [0.05, 0.1) is 6.10 Å². The number of likely N-dealkylation sites (N-methyl/N-ethyl adjacent to an activating group) is 1. The number of thioether (sulfide) groups is 1. The SMILES string of the molecule is CNC(CSC)C(C)O. The van der Waals surface area contributed by atoms with Gasteiger partial charge in [0.25, 0.3) is 0 Å². The van der Waals surface area contributed by atoms with Gasteiger partial charge in [-0.05, 0) is 20.2 Å². The van der Waals surface area contributed by atoms with Gasteiger partial charge in [-0.25, -0.2) is 0 Å². The summed E-state index contributed by atoms with van der Waals surface area (Å²) in [4.78, 5) is 0. The van der Waals surface area contributed by atoms with Crippen LogP contribution in [0.5, 0.6) is 0 Å². The number of hydrogen-bond acceptors (Lipinski definition) is 3. The maximum atomic E-state index is 9.07. The van der Waals surface area contributed by atoms with Crippen molar-refractivity contribution in [1.29, 1.82) is 0 Å². The zero-order valence-corrected chi connectivity index (χ0v) is 7.03. The highest BCUT2D eigenvalue weighted by atomic mass is 32.2. The average Bonchev–Trinajstić information content (AvgIpc) is 1.82. The van der Waals surface area contributed by atoms with Crippen molar-refractivity contribution in [3.05, 3.63) is 0 Å². The Morgan fingerprint density at radius 2 is 2.22 bits per heavy atom. The second-order valence-corrected chi connectivity index (χ2v) is 3.00. The monoisotopic (exact) mass is 149 g/mol. The van der Waals surface area contributed by atoms with Crippen LogP contribution in [0.3, 0.4) is 0 Å². The fourth-order valence-corrected chi connectivity index (χ4v) is 1.45. The largest absolute Gasteiger partial charge is 0.392 e. The molecule has 0 aliphatic rings. The lowest BCUT2D eigenvalue weighted by Crippen LogP contribution is -2.37. The van der Waals surface area contributed by atoms with Crippen LogP contribution in [-0.4, -0.2) is 36.3 Å². The second kappa shape index (κ2) is 5.09. The molecule has 0 rings (SSSR count). The van der Waals surface area contributed by atoms with Crippen LogP contribution in [0, 0.1) is 0 Å². The number of aliphatic hydroxyl groups excluding tert-OH is 1. The Morgan fingerprint density at radius 1 is 1.67 bits per heavy atom. The fourth-order valence-electron chi connectivity index (χ4n) is 0.643. The Bertz CT molecular complexity index is 68.1. The van der Waals surface area contributed by atoms with Gasteiger partial charge in [-0.15, -0.1) is 0 Å². The van der Waals surface area contributed by atoms with E-state index < -0.39 is 0 Å². The van der Waals surface area contributed by atoms with E-state index >= 15 is 0 Å². The van der Waals surface area contributed by atoms with Crippen molar-refractivity contribution < 1.29 is 5.11 Å². The first-order chi connectivity index (χ1) is 4.22. The van der Waals surface area contributed by atoms with Crippen LogP contribution in [-0.2, 0) is 0 Å². The molecule has 9 heavy (non-hydrogen) atoms. The molecule has 0 heterocycles. The first kappa shape index (κ1) is 9.27. The third-order valence-corrected chi connectivity index (χ3v) is 1.99. The lowest BCUT2D eigenvalue weighted by molar-refractivity contribution is 0.159. The van der Waals surface area contributed by atoms with Gasteiger partial charge in [0.2, 0.25) is 0 Å². The normalized spacial score (nSPS) is 17.3. The number of nitrogens with one attached hydrogen (secondary N) is 1. The Labute approximate surface area is 61.0 Å². The smallest absolute Gasteiger partial charge is 0.0673 e. The zero-order valence-electron chi connectivity index (χ0n) is 6.22. The number of hydrogen-bond donors (Lipinski definition) is 2. The van der Waals surface area contributed by atoms with Crippen LogP contribution < -0.4 is 5.32 Å². The summed E-state index contributed by atoms with van der Waals surface area (Å²) in [5, 5.41) is 12.1. The summed E-state index contributed by atoms with van der Waals surface area (Å²) >= 11 is 1.74. The predicted octanol–water partition coefficient (Wildman–Crippen LogP) is 0.318. The molecule has 56 valence electrons. The van der Waals surface area contributed by atoms with E-state index in [1.807, 2.05) is 13.3 Å². The second-order valence-electron chi connectivity index (χ2n) is 2.09. The van der Waals surface area contributed by atoms with Crippen molar-refractivity contribution in [3.63, 3.8) is 0 Å². The van der Waals surface area contributed by atoms with E-state index in [2.05, 4.69) is 5.32 Å². The molecule has 0 aromatic rings. The third kappa shape index (κ3) is 3.78. The maximum absolute atomic E-state index is 9.07. The summed E-state index contributed by atoms with van der Waals surface area (Å²) in [5.41, 5.74) is 0. The average molecular weight is 149 g/mol. The fraction of sp³-hybridized carbons (Fsp3) is 1.00. The Morgan fingerprint density at radius 3 is 2.33 bits per heavy atom. The van der Waals surface area contributed by atoms with E-state index in [4.69, 9.17) is 5.11 Å². The first-order valence-electron chi connectivity index (χ1n) is 3.06. The Hall–Kier alpha value is 0.270. The van der Waals surface area contributed by atoms with Crippen LogP contribution in [0.1, 0.15) is 6.92 Å². The minimum atomic E-state index is -0.248. The number of rotatable bonds is 4. The minimum Gasteiger partial charge on any atom is -0.392 e. The highest BCUT2D eigenvalue weighted by Crippen LogP contribution is 2.00. The lowest BCUT2D eigenvalue weighted by atomic mass is 10.2. The van der Waals surface area contributed by atoms with Gasteiger partial charge in [-0.2, -0.15) is 11.8 Å². The molecule has 0 fully saturated rings. The topological polar surface area (TPSA) is 32.3 Å². The van der Waals surface area contributed by atoms with E-state index in [0.29, 0.717) is 0 Å². The van der Waals surface area contributed by atoms with Gasteiger partial charge >= 0.3 is 0 Å². The van der Waals surface area contributed by atoms with Crippen molar-refractivity contribution >= 4 is 11.8 Å². The molecule has 0 aromatic heterocycles. The molecule has 0 amide bonds. The van der Waals surface area contributed by atoms with Crippen molar-refractivity contribution in [3.8, 4) is 0 Å². The zero-order chi connectivity index (χ0) is 7.28. The molecule has 2 unspecified atom stereocenters. The predicted molar refractivity (Wildman–Crippen MR) is 42.9 cm³/mol. The van der Waals surface area contributed by atoms with E-state index in [-0.39, 0.29) is 12.1 Å². The molecule has 2 nitrogen and oxygen atoms in total. The summed E-state index contributed by atoms with van der Waals surface area (Å²) in [6, 6.07) is 0.236.